The van der Waals surface area contributed by atoms with Gasteiger partial charge in [0.15, 0.2) is 0 Å². The molecule has 3 nitrogen and oxygen atoms in total. The molecule has 0 bridgehead atoms. The molecule has 0 radical (unpaired) electrons. The van der Waals surface area contributed by atoms with E-state index in [9.17, 15) is 9.90 Å². The van der Waals surface area contributed by atoms with Gasteiger partial charge in [-0.2, -0.15) is 0 Å². The highest BCUT2D eigenvalue weighted by Gasteiger charge is 2.35. The fourth-order valence-corrected chi connectivity index (χ4v) is 3.71. The predicted octanol–water partition coefficient (Wildman–Crippen LogP) is 4.23. The molecule has 1 aliphatic carbocycles. The van der Waals surface area contributed by atoms with Crippen LogP contribution in [0.5, 0.6) is 0 Å². The molecule has 0 fully saturated rings. The molecule has 0 saturated carbocycles. The fourth-order valence-electron chi connectivity index (χ4n) is 3.14. The van der Waals surface area contributed by atoms with Gasteiger partial charge in [0.25, 0.3) is 0 Å². The van der Waals surface area contributed by atoms with Gasteiger partial charge in [0.05, 0.1) is 16.8 Å². The fraction of sp³-hybridized carbons (Fsp3) is 0.375. The van der Waals surface area contributed by atoms with E-state index in [0.717, 1.165) is 45.0 Å². The lowest BCUT2D eigenvalue weighted by molar-refractivity contribution is 0.0698. The summed E-state index contributed by atoms with van der Waals surface area (Å²) >= 11 is 3.45. The Morgan fingerprint density at radius 3 is 2.75 bits per heavy atom. The number of carboxylic acids is 1. The number of pyridine rings is 1. The maximum absolute atomic E-state index is 11.8. The maximum Gasteiger partial charge on any atom is 0.336 e. The van der Waals surface area contributed by atoms with Crippen molar-refractivity contribution in [3.05, 3.63) is 39.0 Å². The molecule has 1 heterocycles. The molecular weight excluding hydrogens is 318 g/mol. The van der Waals surface area contributed by atoms with E-state index in [1.165, 1.54) is 0 Å². The van der Waals surface area contributed by atoms with Gasteiger partial charge >= 0.3 is 5.97 Å². The second-order valence-electron chi connectivity index (χ2n) is 6.12. The molecule has 20 heavy (non-hydrogen) atoms. The normalized spacial score (nSPS) is 16.4. The van der Waals surface area contributed by atoms with E-state index in [2.05, 4.69) is 29.8 Å². The zero-order valence-corrected chi connectivity index (χ0v) is 13.3. The van der Waals surface area contributed by atoms with Crippen LogP contribution in [0.2, 0.25) is 0 Å². The van der Waals surface area contributed by atoms with E-state index in [4.69, 9.17) is 4.98 Å². The quantitative estimate of drug-likeness (QED) is 0.849. The first kappa shape index (κ1) is 13.6. The third-order valence-corrected chi connectivity index (χ3v) is 4.66. The van der Waals surface area contributed by atoms with Crippen LogP contribution in [0.25, 0.3) is 10.9 Å². The highest BCUT2D eigenvalue weighted by molar-refractivity contribution is 9.10. The molecule has 0 aliphatic heterocycles. The number of halogens is 1. The summed E-state index contributed by atoms with van der Waals surface area (Å²) in [5.41, 5.74) is 4.05. The van der Waals surface area contributed by atoms with Crippen molar-refractivity contribution in [2.45, 2.75) is 39.0 Å². The molecule has 0 atom stereocenters. The average molecular weight is 334 g/mol. The Balaban J connectivity index is 2.51. The molecule has 1 aliphatic rings. The summed E-state index contributed by atoms with van der Waals surface area (Å²) in [5, 5.41) is 10.4. The summed E-state index contributed by atoms with van der Waals surface area (Å²) in [4.78, 5) is 16.6. The van der Waals surface area contributed by atoms with Gasteiger partial charge in [-0.15, -0.1) is 0 Å². The Labute approximate surface area is 126 Å². The Bertz CT molecular complexity index is 750. The average Bonchev–Trinajstić information content (AvgIpc) is 2.62. The third-order valence-electron chi connectivity index (χ3n) is 4.20. The van der Waals surface area contributed by atoms with Crippen molar-refractivity contribution in [1.29, 1.82) is 0 Å². The van der Waals surface area contributed by atoms with Crippen molar-refractivity contribution >= 4 is 32.8 Å². The number of aromatic carboxylic acids is 1. The zero-order valence-electron chi connectivity index (χ0n) is 11.7. The number of fused-ring (bicyclic) bond motifs is 2. The van der Waals surface area contributed by atoms with E-state index in [-0.39, 0.29) is 5.41 Å². The molecule has 0 spiro atoms. The Morgan fingerprint density at radius 1 is 1.40 bits per heavy atom. The minimum Gasteiger partial charge on any atom is -0.478 e. The third kappa shape index (κ3) is 1.85. The molecule has 3 rings (SSSR count). The van der Waals surface area contributed by atoms with E-state index in [1.54, 1.807) is 0 Å². The molecule has 0 saturated heterocycles. The van der Waals surface area contributed by atoms with Crippen molar-refractivity contribution in [2.24, 2.45) is 0 Å². The SMILES string of the molecule is Cc1cc(Br)cc2c(C(=O)O)c3c(nc12)C(C)(C)CC3. The summed E-state index contributed by atoms with van der Waals surface area (Å²) in [6.07, 6.45) is 1.74. The first-order chi connectivity index (χ1) is 9.31. The Hall–Kier alpha value is -1.42. The van der Waals surface area contributed by atoms with Crippen molar-refractivity contribution in [2.75, 3.05) is 0 Å². The van der Waals surface area contributed by atoms with Crippen LogP contribution in [-0.4, -0.2) is 16.1 Å². The van der Waals surface area contributed by atoms with Gasteiger partial charge in [-0.25, -0.2) is 4.79 Å². The van der Waals surface area contributed by atoms with Crippen LogP contribution in [0, 0.1) is 6.92 Å². The number of benzene rings is 1. The second kappa shape index (κ2) is 4.29. The summed E-state index contributed by atoms with van der Waals surface area (Å²) in [5.74, 6) is -0.858. The van der Waals surface area contributed by atoms with Crippen LogP contribution >= 0.6 is 15.9 Å². The number of carboxylic acid groups (broad SMARTS) is 1. The lowest BCUT2D eigenvalue weighted by Gasteiger charge is -2.19. The summed E-state index contributed by atoms with van der Waals surface area (Å²) in [7, 11) is 0. The van der Waals surface area contributed by atoms with Crippen LogP contribution in [0.4, 0.5) is 0 Å². The minimum atomic E-state index is -0.858. The van der Waals surface area contributed by atoms with Gasteiger partial charge in [-0.3, -0.25) is 4.98 Å². The molecular formula is C16H16BrNO2. The number of aryl methyl sites for hydroxylation is 1. The van der Waals surface area contributed by atoms with Crippen LogP contribution in [0.1, 0.15) is 47.4 Å². The maximum atomic E-state index is 11.8. The van der Waals surface area contributed by atoms with E-state index in [0.29, 0.717) is 5.56 Å². The van der Waals surface area contributed by atoms with E-state index < -0.39 is 5.97 Å². The summed E-state index contributed by atoms with van der Waals surface area (Å²) < 4.78 is 0.893. The van der Waals surface area contributed by atoms with Gasteiger partial charge < -0.3 is 5.11 Å². The first-order valence-corrected chi connectivity index (χ1v) is 7.47. The Morgan fingerprint density at radius 2 is 2.10 bits per heavy atom. The first-order valence-electron chi connectivity index (χ1n) is 6.68. The molecule has 1 N–H and O–H groups in total. The monoisotopic (exact) mass is 333 g/mol. The summed E-state index contributed by atoms with van der Waals surface area (Å²) in [6.45, 7) is 6.25. The Kier molecular flexibility index (Phi) is 2.91. The number of hydrogen-bond acceptors (Lipinski definition) is 2. The number of hydrogen-bond donors (Lipinski definition) is 1. The van der Waals surface area contributed by atoms with Gasteiger partial charge in [-0.05, 0) is 43.0 Å². The lowest BCUT2D eigenvalue weighted by atomic mass is 9.89. The number of nitrogens with zero attached hydrogens (tertiary/aromatic N) is 1. The van der Waals surface area contributed by atoms with Crippen molar-refractivity contribution in [1.82, 2.24) is 4.98 Å². The molecule has 2 aromatic rings. The number of aromatic nitrogens is 1. The standard InChI is InChI=1S/C16H16BrNO2/c1-8-6-9(17)7-11-12(15(19)20)10-4-5-16(2,3)14(10)18-13(8)11/h6-7H,4-5H2,1-3H3,(H,19,20). The number of rotatable bonds is 1. The van der Waals surface area contributed by atoms with Crippen molar-refractivity contribution in [3.63, 3.8) is 0 Å². The topological polar surface area (TPSA) is 50.2 Å². The van der Waals surface area contributed by atoms with Gasteiger partial charge in [0.2, 0.25) is 0 Å². The molecule has 1 aromatic carbocycles. The summed E-state index contributed by atoms with van der Waals surface area (Å²) in [6, 6.07) is 3.85. The molecule has 104 valence electrons. The lowest BCUT2D eigenvalue weighted by Crippen LogP contribution is -2.15. The molecule has 1 aromatic heterocycles. The number of carbonyl (C=O) groups is 1. The van der Waals surface area contributed by atoms with Crippen molar-refractivity contribution < 1.29 is 9.90 Å². The van der Waals surface area contributed by atoms with Crippen LogP contribution < -0.4 is 0 Å². The zero-order chi connectivity index (χ0) is 14.7. The van der Waals surface area contributed by atoms with Crippen LogP contribution in [-0.2, 0) is 11.8 Å². The van der Waals surface area contributed by atoms with Crippen molar-refractivity contribution in [3.8, 4) is 0 Å². The smallest absolute Gasteiger partial charge is 0.336 e. The largest absolute Gasteiger partial charge is 0.478 e. The van der Waals surface area contributed by atoms with Crippen LogP contribution in [0.15, 0.2) is 16.6 Å². The molecule has 0 unspecified atom stereocenters. The van der Waals surface area contributed by atoms with Crippen LogP contribution in [0.3, 0.4) is 0 Å². The molecule has 4 heteroatoms. The second-order valence-corrected chi connectivity index (χ2v) is 7.04. The predicted molar refractivity (Wildman–Crippen MR) is 82.5 cm³/mol. The van der Waals surface area contributed by atoms with Gasteiger partial charge in [0.1, 0.15) is 0 Å². The van der Waals surface area contributed by atoms with Gasteiger partial charge in [0, 0.05) is 15.3 Å². The van der Waals surface area contributed by atoms with E-state index >= 15 is 0 Å². The minimum absolute atomic E-state index is 0.0484. The molecule has 0 amide bonds. The highest BCUT2D eigenvalue weighted by Crippen LogP contribution is 2.41. The van der Waals surface area contributed by atoms with Gasteiger partial charge in [-0.1, -0.05) is 29.8 Å². The van der Waals surface area contributed by atoms with E-state index in [1.807, 2.05) is 19.1 Å². The highest BCUT2D eigenvalue weighted by atomic mass is 79.9.